The number of carbonyl (C=O) groups excluding carboxylic acids is 1. The van der Waals surface area contributed by atoms with Crippen LogP contribution in [0.25, 0.3) is 0 Å². The second kappa shape index (κ2) is 7.07. The minimum atomic E-state index is -0.331. The molecule has 1 aliphatic heterocycles. The van der Waals surface area contributed by atoms with Crippen LogP contribution in [0.2, 0.25) is 0 Å². The monoisotopic (exact) mass is 307 g/mol. The molecule has 0 saturated carbocycles. The van der Waals surface area contributed by atoms with Gasteiger partial charge in [0.2, 0.25) is 0 Å². The van der Waals surface area contributed by atoms with Crippen LogP contribution in [0.1, 0.15) is 35.5 Å². The van der Waals surface area contributed by atoms with Gasteiger partial charge < -0.3 is 15.0 Å². The Morgan fingerprint density at radius 2 is 2.27 bits per heavy atom. The fraction of sp³-hybridized carbons (Fsp3) is 0.625. The van der Waals surface area contributed by atoms with Crippen molar-refractivity contribution < 1.29 is 9.53 Å². The first-order valence-corrected chi connectivity index (χ1v) is 7.72. The fourth-order valence-electron chi connectivity index (χ4n) is 2.98. The molecule has 1 aromatic rings. The van der Waals surface area contributed by atoms with Crippen LogP contribution in [0.4, 0.5) is 0 Å². The van der Waals surface area contributed by atoms with Crippen molar-refractivity contribution in [3.05, 3.63) is 33.2 Å². The topological polar surface area (TPSA) is 74.4 Å². The average Bonchev–Trinajstić information content (AvgIpc) is 2.44. The molecule has 6 nitrogen and oxygen atoms in total. The van der Waals surface area contributed by atoms with Crippen molar-refractivity contribution >= 4 is 5.91 Å². The lowest BCUT2D eigenvalue weighted by atomic mass is 10.1. The Kier molecular flexibility index (Phi) is 5.37. The molecule has 2 heterocycles. The zero-order valence-corrected chi connectivity index (χ0v) is 13.7. The quantitative estimate of drug-likeness (QED) is 0.864. The Morgan fingerprint density at radius 1 is 1.55 bits per heavy atom. The van der Waals surface area contributed by atoms with Crippen LogP contribution in [0.15, 0.2) is 10.9 Å². The second-order valence-corrected chi connectivity index (χ2v) is 6.06. The van der Waals surface area contributed by atoms with Crippen molar-refractivity contribution in [2.24, 2.45) is 0 Å². The van der Waals surface area contributed by atoms with Gasteiger partial charge in [-0.3, -0.25) is 14.5 Å². The zero-order chi connectivity index (χ0) is 16.3. The third-order valence-corrected chi connectivity index (χ3v) is 4.14. The number of hydrogen-bond donors (Lipinski definition) is 2. The van der Waals surface area contributed by atoms with Gasteiger partial charge in [-0.1, -0.05) is 0 Å². The van der Waals surface area contributed by atoms with Gasteiger partial charge in [-0.15, -0.1) is 0 Å². The Labute approximate surface area is 130 Å². The first-order valence-electron chi connectivity index (χ1n) is 7.72. The number of aryl methyl sites for hydroxylation is 2. The number of amides is 1. The maximum absolute atomic E-state index is 12.3. The Bertz CT molecular complexity index is 597. The molecule has 0 aromatic carbocycles. The predicted molar refractivity (Wildman–Crippen MR) is 85.3 cm³/mol. The average molecular weight is 307 g/mol. The van der Waals surface area contributed by atoms with Crippen LogP contribution in [0, 0.1) is 13.8 Å². The number of rotatable bonds is 4. The Morgan fingerprint density at radius 3 is 2.91 bits per heavy atom. The van der Waals surface area contributed by atoms with Gasteiger partial charge in [-0.05, 0) is 39.3 Å². The van der Waals surface area contributed by atoms with E-state index in [0.717, 1.165) is 25.5 Å². The fourth-order valence-corrected chi connectivity index (χ4v) is 2.98. The summed E-state index contributed by atoms with van der Waals surface area (Å²) in [7, 11) is 0. The van der Waals surface area contributed by atoms with Gasteiger partial charge >= 0.3 is 0 Å². The second-order valence-electron chi connectivity index (χ2n) is 6.06. The summed E-state index contributed by atoms with van der Waals surface area (Å²) in [6.07, 6.45) is 0. The van der Waals surface area contributed by atoms with Gasteiger partial charge in [0.05, 0.1) is 13.2 Å². The summed E-state index contributed by atoms with van der Waals surface area (Å²) in [5.41, 5.74) is 1.33. The number of morpholine rings is 1. The highest BCUT2D eigenvalue weighted by molar-refractivity contribution is 5.95. The molecular weight excluding hydrogens is 282 g/mol. The zero-order valence-electron chi connectivity index (χ0n) is 13.7. The number of carbonyl (C=O) groups is 1. The number of aromatic amines is 1. The summed E-state index contributed by atoms with van der Waals surface area (Å²) in [6.45, 7) is 10.6. The number of H-pyrrole nitrogens is 1. The van der Waals surface area contributed by atoms with E-state index in [1.807, 2.05) is 6.07 Å². The van der Waals surface area contributed by atoms with E-state index in [4.69, 9.17) is 4.74 Å². The molecule has 0 spiro atoms. The number of aromatic nitrogens is 1. The van der Waals surface area contributed by atoms with Crippen LogP contribution in [-0.4, -0.2) is 54.2 Å². The molecular formula is C16H25N3O3. The minimum Gasteiger partial charge on any atom is -0.379 e. The lowest BCUT2D eigenvalue weighted by Crippen LogP contribution is -2.52. The van der Waals surface area contributed by atoms with Gasteiger partial charge in [0, 0.05) is 30.9 Å². The van der Waals surface area contributed by atoms with E-state index in [0.29, 0.717) is 18.2 Å². The largest absolute Gasteiger partial charge is 0.379 e. The molecule has 1 amide bonds. The smallest absolute Gasteiger partial charge is 0.261 e. The molecule has 22 heavy (non-hydrogen) atoms. The predicted octanol–water partition coefficient (Wildman–Crippen LogP) is 0.831. The summed E-state index contributed by atoms with van der Waals surface area (Å²) in [6, 6.07) is 2.35. The third kappa shape index (κ3) is 3.75. The van der Waals surface area contributed by atoms with Crippen molar-refractivity contribution in [1.29, 1.82) is 0 Å². The highest BCUT2D eigenvalue weighted by Crippen LogP contribution is 2.10. The maximum atomic E-state index is 12.3. The van der Waals surface area contributed by atoms with E-state index in [2.05, 4.69) is 29.0 Å². The van der Waals surface area contributed by atoms with Gasteiger partial charge in [0.25, 0.3) is 11.5 Å². The molecule has 2 rings (SSSR count). The van der Waals surface area contributed by atoms with Gasteiger partial charge in [0.15, 0.2) is 0 Å². The lowest BCUT2D eigenvalue weighted by Gasteiger charge is -2.37. The molecule has 0 radical (unpaired) electrons. The number of hydrogen-bond acceptors (Lipinski definition) is 4. The summed E-state index contributed by atoms with van der Waals surface area (Å²) < 4.78 is 5.43. The van der Waals surface area contributed by atoms with E-state index < -0.39 is 0 Å². The molecule has 1 aliphatic rings. The Hall–Kier alpha value is -1.66. The molecule has 6 heteroatoms. The first kappa shape index (κ1) is 16.7. The molecule has 0 aliphatic carbocycles. The van der Waals surface area contributed by atoms with Crippen LogP contribution in [-0.2, 0) is 4.74 Å². The molecule has 0 bridgehead atoms. The number of nitrogens with zero attached hydrogens (tertiary/aromatic N) is 1. The van der Waals surface area contributed by atoms with E-state index in [1.165, 1.54) is 0 Å². The lowest BCUT2D eigenvalue weighted by molar-refractivity contribution is -0.0178. The van der Waals surface area contributed by atoms with Crippen LogP contribution in [0.5, 0.6) is 0 Å². The van der Waals surface area contributed by atoms with Crippen molar-refractivity contribution in [1.82, 2.24) is 15.2 Å². The summed E-state index contributed by atoms with van der Waals surface area (Å²) >= 11 is 0. The maximum Gasteiger partial charge on any atom is 0.261 e. The van der Waals surface area contributed by atoms with E-state index >= 15 is 0 Å². The van der Waals surface area contributed by atoms with Gasteiger partial charge in [-0.25, -0.2) is 0 Å². The first-order chi connectivity index (χ1) is 10.4. The molecule has 0 unspecified atom stereocenters. The van der Waals surface area contributed by atoms with Crippen LogP contribution in [0.3, 0.4) is 0 Å². The molecule has 2 N–H and O–H groups in total. The Balaban J connectivity index is 1.99. The number of ether oxygens (including phenoxy) is 1. The van der Waals surface area contributed by atoms with Gasteiger partial charge in [-0.2, -0.15) is 0 Å². The summed E-state index contributed by atoms with van der Waals surface area (Å²) in [4.78, 5) is 29.2. The van der Waals surface area contributed by atoms with E-state index in [-0.39, 0.29) is 23.1 Å². The summed E-state index contributed by atoms with van der Waals surface area (Å²) in [5.74, 6) is -0.313. The number of pyridine rings is 1. The van der Waals surface area contributed by atoms with Crippen molar-refractivity contribution in [3.8, 4) is 0 Å². The van der Waals surface area contributed by atoms with Gasteiger partial charge in [0.1, 0.15) is 5.56 Å². The minimum absolute atomic E-state index is 0.202. The van der Waals surface area contributed by atoms with E-state index in [1.54, 1.807) is 13.8 Å². The van der Waals surface area contributed by atoms with E-state index in [9.17, 15) is 9.59 Å². The SMILES string of the molecule is Cc1cc(C)c(C(=O)NC[C@H](C)N2CCOC[C@H]2C)c(=O)[nH]1. The highest BCUT2D eigenvalue weighted by Gasteiger charge is 2.24. The molecule has 122 valence electrons. The van der Waals surface area contributed by atoms with Crippen LogP contribution >= 0.6 is 0 Å². The van der Waals surface area contributed by atoms with Crippen molar-refractivity contribution in [3.63, 3.8) is 0 Å². The highest BCUT2D eigenvalue weighted by atomic mass is 16.5. The third-order valence-electron chi connectivity index (χ3n) is 4.14. The molecule has 1 aromatic heterocycles. The molecule has 1 fully saturated rings. The van der Waals surface area contributed by atoms with Crippen LogP contribution < -0.4 is 10.9 Å². The van der Waals surface area contributed by atoms with Crippen molar-refractivity contribution in [2.75, 3.05) is 26.3 Å². The molecule has 1 saturated heterocycles. The normalized spacial score (nSPS) is 20.6. The standard InChI is InChI=1S/C16H25N3O3/c1-10-7-11(2)18-16(21)14(10)15(20)17-8-12(3)19-5-6-22-9-13(19)4/h7,12-13H,5-6,8-9H2,1-4H3,(H,17,20)(H,18,21)/t12-,13+/m0/s1. The summed E-state index contributed by atoms with van der Waals surface area (Å²) in [5, 5.41) is 2.88. The number of nitrogens with one attached hydrogen (secondary N) is 2. The van der Waals surface area contributed by atoms with Crippen molar-refractivity contribution in [2.45, 2.75) is 39.8 Å². The molecule has 2 atom stereocenters.